The maximum Gasteiger partial charge on any atom is 0.490 e. The predicted octanol–water partition coefficient (Wildman–Crippen LogP) is 0.636. The molecule has 0 aromatic carbocycles. The SMILES string of the molecule is CN(C)Cc1cc(=O)n2c(n1)CN(S(=O)(=O)C1CC1)CCC2.O=C(O)C(F)(F)F. The number of aliphatic carboxylic acids is 1. The molecular formula is C16H23F3N4O5S. The number of carbonyl (C=O) groups is 1. The van der Waals surface area contributed by atoms with E-state index in [9.17, 15) is 26.4 Å². The van der Waals surface area contributed by atoms with E-state index in [1.165, 1.54) is 4.31 Å². The van der Waals surface area contributed by atoms with Crippen molar-refractivity contribution in [3.63, 3.8) is 0 Å². The molecule has 1 aliphatic carbocycles. The molecule has 0 bridgehead atoms. The molecule has 164 valence electrons. The first-order valence-electron chi connectivity index (χ1n) is 8.86. The molecule has 1 aromatic heterocycles. The van der Waals surface area contributed by atoms with Gasteiger partial charge in [0.15, 0.2) is 0 Å². The quantitative estimate of drug-likeness (QED) is 0.731. The van der Waals surface area contributed by atoms with Crippen LogP contribution in [0, 0.1) is 0 Å². The van der Waals surface area contributed by atoms with Crippen molar-refractivity contribution in [3.8, 4) is 0 Å². The Balaban J connectivity index is 0.000000370. The summed E-state index contributed by atoms with van der Waals surface area (Å²) in [7, 11) is 0.587. The third-order valence-electron chi connectivity index (χ3n) is 4.27. The predicted molar refractivity (Wildman–Crippen MR) is 96.5 cm³/mol. The molecule has 1 saturated carbocycles. The number of carboxylic acid groups (broad SMARTS) is 1. The normalized spacial score (nSPS) is 17.9. The second kappa shape index (κ2) is 8.79. The smallest absolute Gasteiger partial charge is 0.475 e. The average Bonchev–Trinajstić information content (AvgIpc) is 3.40. The highest BCUT2D eigenvalue weighted by atomic mass is 32.2. The zero-order chi connectivity index (χ0) is 22.0. The number of carboxylic acids is 1. The molecule has 1 aromatic rings. The highest BCUT2D eigenvalue weighted by Gasteiger charge is 2.41. The van der Waals surface area contributed by atoms with Crippen molar-refractivity contribution in [1.29, 1.82) is 0 Å². The van der Waals surface area contributed by atoms with Crippen LogP contribution in [0.15, 0.2) is 10.9 Å². The van der Waals surface area contributed by atoms with Crippen LogP contribution in [-0.4, -0.2) is 70.3 Å². The molecule has 0 saturated heterocycles. The highest BCUT2D eigenvalue weighted by Crippen LogP contribution is 2.32. The first kappa shape index (κ1) is 23.3. The molecule has 1 fully saturated rings. The van der Waals surface area contributed by atoms with E-state index in [0.717, 1.165) is 12.8 Å². The average molecular weight is 440 g/mol. The lowest BCUT2D eigenvalue weighted by atomic mass is 10.3. The number of hydrogen-bond acceptors (Lipinski definition) is 6. The van der Waals surface area contributed by atoms with Gasteiger partial charge in [0.25, 0.3) is 5.56 Å². The summed E-state index contributed by atoms with van der Waals surface area (Å²) in [5.41, 5.74) is 0.597. The lowest BCUT2D eigenvalue weighted by Crippen LogP contribution is -2.34. The second-order valence-electron chi connectivity index (χ2n) is 7.13. The van der Waals surface area contributed by atoms with Crippen LogP contribution in [-0.2, 0) is 34.5 Å². The summed E-state index contributed by atoms with van der Waals surface area (Å²) in [4.78, 5) is 27.6. The number of aromatic nitrogens is 2. The Morgan fingerprint density at radius 1 is 1.31 bits per heavy atom. The Bertz CT molecular complexity index is 910. The lowest BCUT2D eigenvalue weighted by molar-refractivity contribution is -0.192. The van der Waals surface area contributed by atoms with E-state index in [4.69, 9.17) is 9.90 Å². The topological polar surface area (TPSA) is 113 Å². The molecule has 2 aliphatic rings. The lowest BCUT2D eigenvalue weighted by Gasteiger charge is -2.19. The van der Waals surface area contributed by atoms with Crippen LogP contribution in [0.2, 0.25) is 0 Å². The van der Waals surface area contributed by atoms with Gasteiger partial charge in [-0.25, -0.2) is 18.2 Å². The summed E-state index contributed by atoms with van der Waals surface area (Å²) in [5.74, 6) is -2.20. The number of hydrogen-bond donors (Lipinski definition) is 1. The Labute approximate surface area is 165 Å². The second-order valence-corrected chi connectivity index (χ2v) is 9.34. The number of sulfonamides is 1. The molecule has 2 heterocycles. The van der Waals surface area contributed by atoms with Crippen LogP contribution in [0.25, 0.3) is 0 Å². The van der Waals surface area contributed by atoms with E-state index in [1.807, 2.05) is 19.0 Å². The fraction of sp³-hybridized carbons (Fsp3) is 0.688. The van der Waals surface area contributed by atoms with Gasteiger partial charge < -0.3 is 10.0 Å². The summed E-state index contributed by atoms with van der Waals surface area (Å²) in [6.07, 6.45) is -2.94. The van der Waals surface area contributed by atoms with Gasteiger partial charge in [0, 0.05) is 25.7 Å². The minimum atomic E-state index is -5.08. The Morgan fingerprint density at radius 2 is 1.90 bits per heavy atom. The van der Waals surface area contributed by atoms with Crippen molar-refractivity contribution in [1.82, 2.24) is 18.8 Å². The van der Waals surface area contributed by atoms with Gasteiger partial charge in [-0.15, -0.1) is 0 Å². The van der Waals surface area contributed by atoms with Crippen molar-refractivity contribution in [2.24, 2.45) is 0 Å². The number of halogens is 3. The monoisotopic (exact) mass is 440 g/mol. The summed E-state index contributed by atoms with van der Waals surface area (Å²) in [5, 5.41) is 6.90. The molecule has 0 spiro atoms. The number of alkyl halides is 3. The van der Waals surface area contributed by atoms with Crippen LogP contribution in [0.1, 0.15) is 30.8 Å². The molecule has 0 unspecified atom stereocenters. The van der Waals surface area contributed by atoms with Gasteiger partial charge in [-0.1, -0.05) is 0 Å². The molecule has 0 atom stereocenters. The van der Waals surface area contributed by atoms with Crippen LogP contribution < -0.4 is 5.56 Å². The van der Waals surface area contributed by atoms with Crippen LogP contribution in [0.5, 0.6) is 0 Å². The van der Waals surface area contributed by atoms with Gasteiger partial charge in [-0.3, -0.25) is 9.36 Å². The molecule has 9 nitrogen and oxygen atoms in total. The van der Waals surface area contributed by atoms with Crippen molar-refractivity contribution in [2.75, 3.05) is 20.6 Å². The van der Waals surface area contributed by atoms with Gasteiger partial charge in [0.2, 0.25) is 10.0 Å². The maximum absolute atomic E-state index is 12.5. The number of nitrogens with zero attached hydrogens (tertiary/aromatic N) is 4. The van der Waals surface area contributed by atoms with Gasteiger partial charge in [0.1, 0.15) is 5.82 Å². The maximum atomic E-state index is 12.5. The minimum Gasteiger partial charge on any atom is -0.475 e. The number of fused-ring (bicyclic) bond motifs is 1. The fourth-order valence-corrected chi connectivity index (χ4v) is 4.64. The zero-order valence-electron chi connectivity index (χ0n) is 16.0. The van der Waals surface area contributed by atoms with E-state index in [-0.39, 0.29) is 17.4 Å². The standard InChI is InChI=1S/C14H22N4O3S.C2HF3O2/c1-16(2)9-11-8-14(19)18-7-3-6-17(10-13(18)15-11)22(20,21)12-4-5-12;3-2(4,5)1(6)7/h8,12H,3-7,9-10H2,1-2H3;(H,6,7). The molecule has 1 N–H and O–H groups in total. The summed E-state index contributed by atoms with van der Waals surface area (Å²) in [6.45, 7) is 1.76. The van der Waals surface area contributed by atoms with Crippen LogP contribution in [0.4, 0.5) is 13.2 Å². The molecule has 29 heavy (non-hydrogen) atoms. The van der Waals surface area contributed by atoms with Crippen molar-refractivity contribution < 1.29 is 31.5 Å². The molecule has 0 amide bonds. The molecule has 0 radical (unpaired) electrons. The summed E-state index contributed by atoms with van der Waals surface area (Å²) >= 11 is 0. The van der Waals surface area contributed by atoms with E-state index < -0.39 is 22.2 Å². The third-order valence-corrected chi connectivity index (χ3v) is 6.62. The van der Waals surface area contributed by atoms with E-state index in [2.05, 4.69) is 4.98 Å². The van der Waals surface area contributed by atoms with E-state index >= 15 is 0 Å². The van der Waals surface area contributed by atoms with E-state index in [1.54, 1.807) is 10.6 Å². The summed E-state index contributed by atoms with van der Waals surface area (Å²) < 4.78 is 59.8. The third kappa shape index (κ3) is 6.24. The van der Waals surface area contributed by atoms with Crippen LogP contribution in [0.3, 0.4) is 0 Å². The molecular weight excluding hydrogens is 417 g/mol. The van der Waals surface area contributed by atoms with Crippen molar-refractivity contribution >= 4 is 16.0 Å². The Morgan fingerprint density at radius 3 is 2.38 bits per heavy atom. The Hall–Kier alpha value is -1.99. The highest BCUT2D eigenvalue weighted by molar-refractivity contribution is 7.90. The number of rotatable bonds is 4. The van der Waals surface area contributed by atoms with Crippen LogP contribution >= 0.6 is 0 Å². The molecule has 1 aliphatic heterocycles. The Kier molecular flexibility index (Phi) is 7.06. The first-order chi connectivity index (χ1) is 13.3. The molecule has 3 rings (SSSR count). The summed E-state index contributed by atoms with van der Waals surface area (Å²) in [6, 6.07) is 1.55. The fourth-order valence-electron chi connectivity index (χ4n) is 2.81. The van der Waals surface area contributed by atoms with Crippen molar-refractivity contribution in [2.45, 2.75) is 50.3 Å². The van der Waals surface area contributed by atoms with Gasteiger partial charge in [-0.05, 0) is 33.4 Å². The van der Waals surface area contributed by atoms with Crippen molar-refractivity contribution in [3.05, 3.63) is 27.9 Å². The zero-order valence-corrected chi connectivity index (χ0v) is 16.8. The molecule has 13 heteroatoms. The largest absolute Gasteiger partial charge is 0.490 e. The van der Waals surface area contributed by atoms with E-state index in [0.29, 0.717) is 37.6 Å². The van der Waals surface area contributed by atoms with Gasteiger partial charge >= 0.3 is 12.1 Å². The minimum absolute atomic E-state index is 0.0903. The first-order valence-corrected chi connectivity index (χ1v) is 10.4. The van der Waals surface area contributed by atoms with Gasteiger partial charge in [0.05, 0.1) is 17.5 Å². The van der Waals surface area contributed by atoms with Gasteiger partial charge in [-0.2, -0.15) is 17.5 Å².